The van der Waals surface area contributed by atoms with Gasteiger partial charge in [0.25, 0.3) is 0 Å². The lowest BCUT2D eigenvalue weighted by atomic mass is 9.80. The molecule has 20 heavy (non-hydrogen) atoms. The van der Waals surface area contributed by atoms with E-state index in [1.807, 2.05) is 25.7 Å². The van der Waals surface area contributed by atoms with Crippen LogP contribution in [-0.2, 0) is 9.59 Å². The smallest absolute Gasteiger partial charge is 0.245 e. The third-order valence-corrected chi connectivity index (χ3v) is 4.50. The maximum atomic E-state index is 12.7. The highest BCUT2D eigenvalue weighted by Crippen LogP contribution is 2.29. The summed E-state index contributed by atoms with van der Waals surface area (Å²) < 4.78 is 0. The molecule has 1 aliphatic heterocycles. The Kier molecular flexibility index (Phi) is 4.88. The quantitative estimate of drug-likeness (QED) is 0.864. The van der Waals surface area contributed by atoms with Gasteiger partial charge in [-0.05, 0) is 16.7 Å². The van der Waals surface area contributed by atoms with Crippen molar-refractivity contribution in [1.82, 2.24) is 10.2 Å². The molecule has 0 bridgehead atoms. The van der Waals surface area contributed by atoms with Crippen LogP contribution < -0.4 is 5.32 Å². The first-order valence-corrected chi connectivity index (χ1v) is 7.53. The van der Waals surface area contributed by atoms with Gasteiger partial charge in [-0.25, -0.2) is 0 Å². The molecule has 1 rings (SSSR count). The number of amides is 2. The highest BCUT2D eigenvalue weighted by atomic mass is 16.2. The topological polar surface area (TPSA) is 49.4 Å². The standard InChI is InChI=1S/C16H30N2O2/c1-11(2)16(6,7)10-18-9-8-12(19)17-13(14(18)20)15(3,4)5/h11,13H,8-10H2,1-7H3,(H,17,19). The lowest BCUT2D eigenvalue weighted by Crippen LogP contribution is -2.53. The molecule has 0 spiro atoms. The van der Waals surface area contributed by atoms with Crippen LogP contribution in [0.15, 0.2) is 0 Å². The number of carbonyl (C=O) groups is 2. The van der Waals surface area contributed by atoms with Gasteiger partial charge in [-0.1, -0.05) is 48.5 Å². The van der Waals surface area contributed by atoms with Gasteiger partial charge in [-0.2, -0.15) is 0 Å². The fourth-order valence-corrected chi connectivity index (χ4v) is 2.24. The molecule has 1 atom stereocenters. The summed E-state index contributed by atoms with van der Waals surface area (Å²) in [4.78, 5) is 26.5. The van der Waals surface area contributed by atoms with Gasteiger partial charge in [0.2, 0.25) is 11.8 Å². The maximum Gasteiger partial charge on any atom is 0.245 e. The largest absolute Gasteiger partial charge is 0.344 e. The van der Waals surface area contributed by atoms with E-state index in [0.29, 0.717) is 25.4 Å². The van der Waals surface area contributed by atoms with Crippen molar-refractivity contribution in [2.75, 3.05) is 13.1 Å². The maximum absolute atomic E-state index is 12.7. The van der Waals surface area contributed by atoms with Crippen molar-refractivity contribution < 1.29 is 9.59 Å². The van der Waals surface area contributed by atoms with Gasteiger partial charge in [-0.3, -0.25) is 9.59 Å². The summed E-state index contributed by atoms with van der Waals surface area (Å²) in [6, 6.07) is -0.430. The fraction of sp³-hybridized carbons (Fsp3) is 0.875. The molecular formula is C16H30N2O2. The van der Waals surface area contributed by atoms with Gasteiger partial charge >= 0.3 is 0 Å². The molecule has 1 unspecified atom stereocenters. The Morgan fingerprint density at radius 1 is 1.20 bits per heavy atom. The van der Waals surface area contributed by atoms with Gasteiger partial charge in [0.15, 0.2) is 0 Å². The van der Waals surface area contributed by atoms with Crippen molar-refractivity contribution >= 4 is 11.8 Å². The molecule has 116 valence electrons. The summed E-state index contributed by atoms with van der Waals surface area (Å²) >= 11 is 0. The van der Waals surface area contributed by atoms with Crippen LogP contribution in [0.4, 0.5) is 0 Å². The van der Waals surface area contributed by atoms with Crippen molar-refractivity contribution in [2.45, 2.75) is 60.9 Å². The average molecular weight is 282 g/mol. The molecule has 1 saturated heterocycles. The lowest BCUT2D eigenvalue weighted by molar-refractivity contribution is -0.137. The first kappa shape index (κ1) is 17.0. The Labute approximate surface area is 123 Å². The van der Waals surface area contributed by atoms with E-state index in [9.17, 15) is 9.59 Å². The third-order valence-electron chi connectivity index (χ3n) is 4.50. The minimum atomic E-state index is -0.430. The summed E-state index contributed by atoms with van der Waals surface area (Å²) in [5.41, 5.74) is -0.219. The number of nitrogens with zero attached hydrogens (tertiary/aromatic N) is 1. The fourth-order valence-electron chi connectivity index (χ4n) is 2.24. The molecule has 0 aromatic rings. The van der Waals surface area contributed by atoms with E-state index in [-0.39, 0.29) is 22.6 Å². The molecule has 0 aromatic carbocycles. The Balaban J connectivity index is 2.96. The van der Waals surface area contributed by atoms with Crippen LogP contribution in [0.25, 0.3) is 0 Å². The van der Waals surface area contributed by atoms with Crippen molar-refractivity contribution in [2.24, 2.45) is 16.7 Å². The number of carbonyl (C=O) groups excluding carboxylic acids is 2. The molecule has 1 N–H and O–H groups in total. The van der Waals surface area contributed by atoms with Crippen LogP contribution in [0, 0.1) is 16.7 Å². The summed E-state index contributed by atoms with van der Waals surface area (Å²) in [6.07, 6.45) is 0.395. The number of hydrogen-bond acceptors (Lipinski definition) is 2. The first-order chi connectivity index (χ1) is 8.95. The molecule has 1 heterocycles. The highest BCUT2D eigenvalue weighted by molar-refractivity contribution is 5.90. The Bertz CT molecular complexity index is 380. The Morgan fingerprint density at radius 3 is 2.20 bits per heavy atom. The summed E-state index contributed by atoms with van der Waals surface area (Å²) in [7, 11) is 0. The van der Waals surface area contributed by atoms with Crippen LogP contribution in [0.5, 0.6) is 0 Å². The van der Waals surface area contributed by atoms with E-state index in [4.69, 9.17) is 0 Å². The van der Waals surface area contributed by atoms with E-state index >= 15 is 0 Å². The van der Waals surface area contributed by atoms with Crippen LogP contribution in [-0.4, -0.2) is 35.8 Å². The van der Waals surface area contributed by atoms with E-state index < -0.39 is 6.04 Å². The van der Waals surface area contributed by atoms with Crippen LogP contribution in [0.3, 0.4) is 0 Å². The van der Waals surface area contributed by atoms with Crippen LogP contribution >= 0.6 is 0 Å². The molecule has 0 radical (unpaired) electrons. The molecule has 4 nitrogen and oxygen atoms in total. The molecule has 1 fully saturated rings. The number of rotatable bonds is 3. The molecule has 0 aliphatic carbocycles. The Morgan fingerprint density at radius 2 is 1.75 bits per heavy atom. The van der Waals surface area contributed by atoms with Gasteiger partial charge < -0.3 is 10.2 Å². The van der Waals surface area contributed by atoms with E-state index in [1.165, 1.54) is 0 Å². The second kappa shape index (κ2) is 5.74. The first-order valence-electron chi connectivity index (χ1n) is 7.53. The SMILES string of the molecule is CC(C)C(C)(C)CN1CCC(=O)NC(C(C)(C)C)C1=O. The second-order valence-corrected chi connectivity index (χ2v) is 8.02. The number of hydrogen-bond donors (Lipinski definition) is 1. The van der Waals surface area contributed by atoms with Crippen molar-refractivity contribution in [1.29, 1.82) is 0 Å². The second-order valence-electron chi connectivity index (χ2n) is 8.02. The van der Waals surface area contributed by atoms with Crippen LogP contribution in [0.2, 0.25) is 0 Å². The average Bonchev–Trinajstić information content (AvgIpc) is 2.40. The van der Waals surface area contributed by atoms with Gasteiger partial charge in [0.05, 0.1) is 0 Å². The molecule has 0 aromatic heterocycles. The van der Waals surface area contributed by atoms with Crippen molar-refractivity contribution in [3.63, 3.8) is 0 Å². The highest BCUT2D eigenvalue weighted by Gasteiger charge is 2.39. The number of nitrogens with one attached hydrogen (secondary N) is 1. The molecule has 4 heteroatoms. The van der Waals surface area contributed by atoms with Gasteiger partial charge in [-0.15, -0.1) is 0 Å². The predicted molar refractivity (Wildman–Crippen MR) is 81.2 cm³/mol. The summed E-state index contributed by atoms with van der Waals surface area (Å²) in [6.45, 7) is 15.9. The minimum absolute atomic E-state index is 0.0249. The summed E-state index contributed by atoms with van der Waals surface area (Å²) in [5.74, 6) is 0.510. The molecular weight excluding hydrogens is 252 g/mol. The van der Waals surface area contributed by atoms with Gasteiger partial charge in [0.1, 0.15) is 6.04 Å². The van der Waals surface area contributed by atoms with Crippen LogP contribution in [0.1, 0.15) is 54.9 Å². The van der Waals surface area contributed by atoms with Crippen molar-refractivity contribution in [3.05, 3.63) is 0 Å². The van der Waals surface area contributed by atoms with Gasteiger partial charge in [0, 0.05) is 19.5 Å². The zero-order valence-corrected chi connectivity index (χ0v) is 14.0. The third kappa shape index (κ3) is 3.97. The van der Waals surface area contributed by atoms with E-state index in [0.717, 1.165) is 0 Å². The predicted octanol–water partition coefficient (Wildman–Crippen LogP) is 2.43. The molecule has 1 aliphatic rings. The zero-order chi connectivity index (χ0) is 15.7. The Hall–Kier alpha value is -1.06. The van der Waals surface area contributed by atoms with E-state index in [2.05, 4.69) is 33.0 Å². The van der Waals surface area contributed by atoms with E-state index in [1.54, 1.807) is 0 Å². The monoisotopic (exact) mass is 282 g/mol. The van der Waals surface area contributed by atoms with Crippen molar-refractivity contribution in [3.8, 4) is 0 Å². The molecule has 2 amide bonds. The summed E-state index contributed by atoms with van der Waals surface area (Å²) in [5, 5.41) is 2.88. The zero-order valence-electron chi connectivity index (χ0n) is 14.0. The minimum Gasteiger partial charge on any atom is -0.344 e. The lowest BCUT2D eigenvalue weighted by Gasteiger charge is -2.38. The normalized spacial score (nSPS) is 22.0. The molecule has 0 saturated carbocycles.